The number of hydrogen-bond donors (Lipinski definition) is 0. The monoisotopic (exact) mass is 297 g/mol. The SMILES string of the molecule is CC1(C)O[C@H]2C[C@H](Oc3cc(F)ccc3[N+](=O)[O-])C[C@H]2O1. The van der Waals surface area contributed by atoms with E-state index in [1.807, 2.05) is 13.8 Å². The van der Waals surface area contributed by atoms with Crippen LogP contribution in [0.2, 0.25) is 0 Å². The van der Waals surface area contributed by atoms with Crippen molar-refractivity contribution in [2.75, 3.05) is 0 Å². The molecule has 1 heterocycles. The zero-order valence-corrected chi connectivity index (χ0v) is 11.7. The highest BCUT2D eigenvalue weighted by atomic mass is 19.1. The predicted molar refractivity (Wildman–Crippen MR) is 70.5 cm³/mol. The van der Waals surface area contributed by atoms with Gasteiger partial charge in [-0.15, -0.1) is 0 Å². The number of ether oxygens (including phenoxy) is 3. The topological polar surface area (TPSA) is 70.8 Å². The molecule has 0 aromatic heterocycles. The summed E-state index contributed by atoms with van der Waals surface area (Å²) in [4.78, 5) is 10.4. The van der Waals surface area contributed by atoms with Gasteiger partial charge in [-0.1, -0.05) is 0 Å². The van der Waals surface area contributed by atoms with E-state index in [0.717, 1.165) is 18.2 Å². The number of nitrogens with zero attached hydrogens (tertiary/aromatic N) is 1. The van der Waals surface area contributed by atoms with Gasteiger partial charge in [-0.05, 0) is 19.9 Å². The van der Waals surface area contributed by atoms with E-state index in [2.05, 4.69) is 0 Å². The number of fused-ring (bicyclic) bond motifs is 1. The van der Waals surface area contributed by atoms with Crippen LogP contribution in [0.15, 0.2) is 18.2 Å². The molecule has 6 nitrogen and oxygen atoms in total. The van der Waals surface area contributed by atoms with Crippen molar-refractivity contribution in [2.24, 2.45) is 0 Å². The van der Waals surface area contributed by atoms with Crippen molar-refractivity contribution in [1.82, 2.24) is 0 Å². The van der Waals surface area contributed by atoms with Crippen LogP contribution < -0.4 is 4.74 Å². The summed E-state index contributed by atoms with van der Waals surface area (Å²) in [6.45, 7) is 3.69. The maximum Gasteiger partial charge on any atom is 0.311 e. The molecule has 0 spiro atoms. The Labute approximate surface area is 120 Å². The molecule has 0 bridgehead atoms. The Morgan fingerprint density at radius 3 is 2.52 bits per heavy atom. The smallest absolute Gasteiger partial charge is 0.311 e. The van der Waals surface area contributed by atoms with Crippen LogP contribution in [0.3, 0.4) is 0 Å². The summed E-state index contributed by atoms with van der Waals surface area (Å²) < 4.78 is 30.3. The Hall–Kier alpha value is -1.73. The Bertz CT molecular complexity index is 560. The highest BCUT2D eigenvalue weighted by Crippen LogP contribution is 2.40. The van der Waals surface area contributed by atoms with Crippen LogP contribution >= 0.6 is 0 Å². The number of hydrogen-bond acceptors (Lipinski definition) is 5. The van der Waals surface area contributed by atoms with E-state index in [-0.39, 0.29) is 29.7 Å². The largest absolute Gasteiger partial charge is 0.483 e. The van der Waals surface area contributed by atoms with Crippen LogP contribution in [0.5, 0.6) is 5.75 Å². The molecule has 0 radical (unpaired) electrons. The summed E-state index contributed by atoms with van der Waals surface area (Å²) in [5, 5.41) is 10.9. The molecule has 1 aliphatic heterocycles. The minimum atomic E-state index is -0.606. The molecule has 1 aromatic rings. The van der Waals surface area contributed by atoms with Crippen LogP contribution in [-0.4, -0.2) is 29.0 Å². The summed E-state index contributed by atoms with van der Waals surface area (Å²) in [7, 11) is 0. The minimum Gasteiger partial charge on any atom is -0.483 e. The number of halogens is 1. The molecule has 1 aromatic carbocycles. The maximum atomic E-state index is 13.3. The second-order valence-corrected chi connectivity index (χ2v) is 5.79. The fraction of sp³-hybridized carbons (Fsp3) is 0.571. The van der Waals surface area contributed by atoms with E-state index < -0.39 is 16.5 Å². The number of nitro groups is 1. The second-order valence-electron chi connectivity index (χ2n) is 5.79. The maximum absolute atomic E-state index is 13.3. The summed E-state index contributed by atoms with van der Waals surface area (Å²) in [6.07, 6.45) is 0.690. The Morgan fingerprint density at radius 1 is 1.33 bits per heavy atom. The lowest BCUT2D eigenvalue weighted by atomic mass is 10.2. The molecule has 0 N–H and O–H groups in total. The Morgan fingerprint density at radius 2 is 1.95 bits per heavy atom. The molecule has 21 heavy (non-hydrogen) atoms. The standard InChI is InChI=1S/C14H16FNO5/c1-14(2)20-12-6-9(7-13(12)21-14)19-11-5-8(15)3-4-10(11)16(17)18/h3-5,9,12-13H,6-7H2,1-2H3/t9-,12-,13+. The molecular weight excluding hydrogens is 281 g/mol. The van der Waals surface area contributed by atoms with Gasteiger partial charge in [-0.2, -0.15) is 0 Å². The van der Waals surface area contributed by atoms with Gasteiger partial charge >= 0.3 is 5.69 Å². The number of rotatable bonds is 3. The van der Waals surface area contributed by atoms with Gasteiger partial charge in [-0.25, -0.2) is 4.39 Å². The third-order valence-electron chi connectivity index (χ3n) is 3.69. The lowest BCUT2D eigenvalue weighted by Gasteiger charge is -2.21. The van der Waals surface area contributed by atoms with E-state index in [4.69, 9.17) is 14.2 Å². The first-order valence-corrected chi connectivity index (χ1v) is 6.80. The first kappa shape index (κ1) is 14.2. The lowest BCUT2D eigenvalue weighted by molar-refractivity contribution is -0.386. The molecule has 114 valence electrons. The van der Waals surface area contributed by atoms with Gasteiger partial charge in [0.15, 0.2) is 11.5 Å². The highest BCUT2D eigenvalue weighted by Gasteiger charge is 2.48. The number of nitro benzene ring substituents is 1. The second kappa shape index (κ2) is 4.92. The van der Waals surface area contributed by atoms with Gasteiger partial charge in [0.25, 0.3) is 0 Å². The van der Waals surface area contributed by atoms with Crippen molar-refractivity contribution < 1.29 is 23.5 Å². The molecule has 1 saturated carbocycles. The normalized spacial score (nSPS) is 30.1. The van der Waals surface area contributed by atoms with Gasteiger partial charge < -0.3 is 14.2 Å². The van der Waals surface area contributed by atoms with Crippen LogP contribution in [0.25, 0.3) is 0 Å². The quantitative estimate of drug-likeness (QED) is 0.633. The molecule has 1 aliphatic carbocycles. The van der Waals surface area contributed by atoms with E-state index in [0.29, 0.717) is 12.8 Å². The average molecular weight is 297 g/mol. The molecule has 3 atom stereocenters. The van der Waals surface area contributed by atoms with Gasteiger partial charge in [0, 0.05) is 25.0 Å². The number of benzene rings is 1. The van der Waals surface area contributed by atoms with Crippen molar-refractivity contribution in [3.05, 3.63) is 34.1 Å². The third-order valence-corrected chi connectivity index (χ3v) is 3.69. The van der Waals surface area contributed by atoms with Crippen molar-refractivity contribution in [1.29, 1.82) is 0 Å². The van der Waals surface area contributed by atoms with E-state index in [9.17, 15) is 14.5 Å². The summed E-state index contributed by atoms with van der Waals surface area (Å²) in [5.74, 6) is -1.22. The molecule has 1 saturated heterocycles. The summed E-state index contributed by atoms with van der Waals surface area (Å²) >= 11 is 0. The molecule has 0 unspecified atom stereocenters. The average Bonchev–Trinajstić information content (AvgIpc) is 2.81. The van der Waals surface area contributed by atoms with Crippen LogP contribution in [-0.2, 0) is 9.47 Å². The molecule has 7 heteroatoms. The van der Waals surface area contributed by atoms with Crippen molar-refractivity contribution in [3.8, 4) is 5.75 Å². The first-order chi connectivity index (χ1) is 9.84. The highest BCUT2D eigenvalue weighted by molar-refractivity contribution is 5.46. The van der Waals surface area contributed by atoms with E-state index in [1.165, 1.54) is 0 Å². The van der Waals surface area contributed by atoms with Crippen LogP contribution in [0.4, 0.5) is 10.1 Å². The van der Waals surface area contributed by atoms with Crippen molar-refractivity contribution >= 4 is 5.69 Å². The van der Waals surface area contributed by atoms with Gasteiger partial charge in [0.2, 0.25) is 0 Å². The third kappa shape index (κ3) is 2.84. The minimum absolute atomic E-state index is 0.0516. The summed E-state index contributed by atoms with van der Waals surface area (Å²) in [5.41, 5.74) is -0.240. The van der Waals surface area contributed by atoms with Gasteiger partial charge in [0.1, 0.15) is 11.9 Å². The van der Waals surface area contributed by atoms with Gasteiger partial charge in [-0.3, -0.25) is 10.1 Å². The molecule has 2 aliphatic rings. The zero-order valence-electron chi connectivity index (χ0n) is 11.7. The fourth-order valence-electron chi connectivity index (χ4n) is 2.93. The first-order valence-electron chi connectivity index (χ1n) is 6.80. The van der Waals surface area contributed by atoms with Crippen LogP contribution in [0.1, 0.15) is 26.7 Å². The van der Waals surface area contributed by atoms with E-state index in [1.54, 1.807) is 0 Å². The molecular formula is C14H16FNO5. The Balaban J connectivity index is 1.72. The van der Waals surface area contributed by atoms with E-state index >= 15 is 0 Å². The van der Waals surface area contributed by atoms with Crippen molar-refractivity contribution in [2.45, 2.75) is 50.8 Å². The molecule has 2 fully saturated rings. The molecule has 0 amide bonds. The van der Waals surface area contributed by atoms with Crippen LogP contribution in [0, 0.1) is 15.9 Å². The van der Waals surface area contributed by atoms with Gasteiger partial charge in [0.05, 0.1) is 17.1 Å². The summed E-state index contributed by atoms with van der Waals surface area (Å²) in [6, 6.07) is 3.19. The fourth-order valence-corrected chi connectivity index (χ4v) is 2.93. The predicted octanol–water partition coefficient (Wildman–Crippen LogP) is 2.80. The Kier molecular flexibility index (Phi) is 3.33. The lowest BCUT2D eigenvalue weighted by Crippen LogP contribution is -2.25. The van der Waals surface area contributed by atoms with Crippen molar-refractivity contribution in [3.63, 3.8) is 0 Å². The zero-order chi connectivity index (χ0) is 15.2. The molecule has 3 rings (SSSR count).